The third kappa shape index (κ3) is 6.87. The first-order chi connectivity index (χ1) is 8.40. The van der Waals surface area contributed by atoms with E-state index in [1.807, 2.05) is 6.92 Å². The second-order valence-corrected chi connectivity index (χ2v) is 4.74. The highest BCUT2D eigenvalue weighted by molar-refractivity contribution is 4.99. The van der Waals surface area contributed by atoms with Gasteiger partial charge < -0.3 is 10.4 Å². The summed E-state index contributed by atoms with van der Waals surface area (Å²) in [5.41, 5.74) is 0. The molecular formula is C14H25F2NO. The minimum atomic E-state index is -0.748. The summed E-state index contributed by atoms with van der Waals surface area (Å²) in [6.07, 6.45) is 2.61. The minimum Gasteiger partial charge on any atom is -0.388 e. The maximum atomic E-state index is 12.5. The zero-order valence-corrected chi connectivity index (χ0v) is 11.5. The molecule has 0 bridgehead atoms. The van der Waals surface area contributed by atoms with E-state index < -0.39 is 24.0 Å². The Balaban J connectivity index is 0.000000327. The van der Waals surface area contributed by atoms with Crippen molar-refractivity contribution in [3.05, 3.63) is 24.6 Å². The fourth-order valence-corrected chi connectivity index (χ4v) is 1.53. The third-order valence-corrected chi connectivity index (χ3v) is 3.08. The quantitative estimate of drug-likeness (QED) is 0.765. The van der Waals surface area contributed by atoms with Crippen LogP contribution in [0.2, 0.25) is 0 Å². The molecular weight excluding hydrogens is 236 g/mol. The van der Waals surface area contributed by atoms with Crippen LogP contribution < -0.4 is 5.32 Å². The highest BCUT2D eigenvalue weighted by Gasteiger charge is 2.19. The largest absolute Gasteiger partial charge is 0.388 e. The Morgan fingerprint density at radius 3 is 2.50 bits per heavy atom. The monoisotopic (exact) mass is 261 g/mol. The molecule has 1 fully saturated rings. The number of alkyl halides is 1. The fraction of sp³-hybridized carbons (Fsp3) is 0.714. The second-order valence-electron chi connectivity index (χ2n) is 4.74. The lowest BCUT2D eigenvalue weighted by Crippen LogP contribution is -2.35. The second kappa shape index (κ2) is 9.22. The topological polar surface area (TPSA) is 32.3 Å². The van der Waals surface area contributed by atoms with Gasteiger partial charge in [-0.15, -0.1) is 0 Å². The van der Waals surface area contributed by atoms with E-state index >= 15 is 0 Å². The van der Waals surface area contributed by atoms with Gasteiger partial charge in [0.15, 0.2) is 0 Å². The minimum absolute atomic E-state index is 0.226. The van der Waals surface area contributed by atoms with Crippen molar-refractivity contribution in [1.82, 2.24) is 5.32 Å². The van der Waals surface area contributed by atoms with Crippen LogP contribution in [-0.2, 0) is 0 Å². The van der Waals surface area contributed by atoms with Gasteiger partial charge in [-0.2, -0.15) is 0 Å². The van der Waals surface area contributed by atoms with Gasteiger partial charge in [0.05, 0.1) is 11.9 Å². The number of rotatable bonds is 3. The highest BCUT2D eigenvalue weighted by atomic mass is 19.1. The summed E-state index contributed by atoms with van der Waals surface area (Å²) in [7, 11) is 0. The van der Waals surface area contributed by atoms with Crippen molar-refractivity contribution in [2.45, 2.75) is 39.5 Å². The number of allylic oxidation sites excluding steroid dienone is 1. The molecule has 0 saturated carbocycles. The molecule has 2 N–H and O–H groups in total. The molecule has 4 unspecified atom stereocenters. The summed E-state index contributed by atoms with van der Waals surface area (Å²) in [5, 5.41) is 12.2. The normalized spacial score (nSPS) is 27.2. The Labute approximate surface area is 109 Å². The smallest absolute Gasteiger partial charge is 0.105 e. The molecule has 1 saturated heterocycles. The van der Waals surface area contributed by atoms with E-state index in [9.17, 15) is 8.78 Å². The fourth-order valence-electron chi connectivity index (χ4n) is 1.53. The average molecular weight is 261 g/mol. The average Bonchev–Trinajstić information content (AvgIpc) is 2.33. The molecule has 0 aromatic heterocycles. The van der Waals surface area contributed by atoms with E-state index in [1.54, 1.807) is 19.9 Å². The number of halogens is 2. The van der Waals surface area contributed by atoms with Gasteiger partial charge in [0.1, 0.15) is 6.17 Å². The van der Waals surface area contributed by atoms with Crippen LogP contribution in [0.5, 0.6) is 0 Å². The summed E-state index contributed by atoms with van der Waals surface area (Å²) >= 11 is 0. The van der Waals surface area contributed by atoms with Crippen molar-refractivity contribution in [2.24, 2.45) is 11.8 Å². The summed E-state index contributed by atoms with van der Waals surface area (Å²) in [4.78, 5) is 0. The van der Waals surface area contributed by atoms with Gasteiger partial charge in [-0.3, -0.25) is 0 Å². The van der Waals surface area contributed by atoms with Gasteiger partial charge in [0.25, 0.3) is 0 Å². The van der Waals surface area contributed by atoms with Crippen molar-refractivity contribution < 1.29 is 13.9 Å². The van der Waals surface area contributed by atoms with E-state index in [0.717, 1.165) is 13.1 Å². The molecule has 2 nitrogen and oxygen atoms in total. The van der Waals surface area contributed by atoms with Gasteiger partial charge in [-0.25, -0.2) is 8.78 Å². The molecule has 4 atom stereocenters. The van der Waals surface area contributed by atoms with Crippen LogP contribution in [0.1, 0.15) is 27.2 Å². The predicted molar refractivity (Wildman–Crippen MR) is 71.8 cm³/mol. The number of aliphatic hydroxyl groups excluding tert-OH is 1. The summed E-state index contributed by atoms with van der Waals surface area (Å²) < 4.78 is 24.8. The first-order valence-corrected chi connectivity index (χ1v) is 6.40. The molecule has 1 aliphatic heterocycles. The standard InChI is InChI=1S/C8H13FO.C6H12FN/c1-4-5-8(10)6(2)7(3)9;1-5-4-8-3-2-6(5)7/h4-6,8,10H,3H2,1-2H3;5-6,8H,2-4H2,1H3/b5-4-;. The first kappa shape index (κ1) is 17.3. The van der Waals surface area contributed by atoms with Gasteiger partial charge >= 0.3 is 0 Å². The molecule has 0 aromatic rings. The molecule has 1 heterocycles. The Morgan fingerprint density at radius 2 is 2.17 bits per heavy atom. The van der Waals surface area contributed by atoms with Crippen molar-refractivity contribution in [3.8, 4) is 0 Å². The number of aliphatic hydroxyl groups is 1. The number of piperidine rings is 1. The SMILES string of the molecule is C=C(F)C(C)C(O)/C=C\C.CC1CNCCC1F. The Morgan fingerprint density at radius 1 is 1.56 bits per heavy atom. The zero-order valence-electron chi connectivity index (χ0n) is 11.5. The number of hydrogen-bond donors (Lipinski definition) is 2. The van der Waals surface area contributed by atoms with Crippen LogP contribution in [0.25, 0.3) is 0 Å². The predicted octanol–water partition coefficient (Wildman–Crippen LogP) is 3.00. The summed E-state index contributed by atoms with van der Waals surface area (Å²) in [5.74, 6) is -0.759. The van der Waals surface area contributed by atoms with E-state index in [0.29, 0.717) is 6.42 Å². The maximum absolute atomic E-state index is 12.5. The lowest BCUT2D eigenvalue weighted by atomic mass is 10.0. The summed E-state index contributed by atoms with van der Waals surface area (Å²) in [6, 6.07) is 0. The van der Waals surface area contributed by atoms with Crippen LogP contribution in [0, 0.1) is 11.8 Å². The first-order valence-electron chi connectivity index (χ1n) is 6.40. The molecule has 106 valence electrons. The molecule has 18 heavy (non-hydrogen) atoms. The molecule has 0 aliphatic carbocycles. The molecule has 1 aliphatic rings. The summed E-state index contributed by atoms with van der Waals surface area (Å²) in [6.45, 7) is 10.1. The van der Waals surface area contributed by atoms with Crippen LogP contribution >= 0.6 is 0 Å². The van der Waals surface area contributed by atoms with Gasteiger partial charge in [0, 0.05) is 12.5 Å². The van der Waals surface area contributed by atoms with E-state index in [2.05, 4.69) is 11.9 Å². The molecule has 0 radical (unpaired) electrons. The van der Waals surface area contributed by atoms with Gasteiger partial charge in [-0.1, -0.05) is 32.6 Å². The number of nitrogens with one attached hydrogen (secondary N) is 1. The van der Waals surface area contributed by atoms with E-state index in [1.165, 1.54) is 6.08 Å². The van der Waals surface area contributed by atoms with Crippen molar-refractivity contribution >= 4 is 0 Å². The van der Waals surface area contributed by atoms with Gasteiger partial charge in [-0.05, 0) is 25.8 Å². The van der Waals surface area contributed by atoms with Crippen LogP contribution in [0.15, 0.2) is 24.6 Å². The molecule has 4 heteroatoms. The molecule has 0 amide bonds. The Bertz CT molecular complexity index is 259. The number of hydrogen-bond acceptors (Lipinski definition) is 2. The van der Waals surface area contributed by atoms with Crippen molar-refractivity contribution in [2.75, 3.05) is 13.1 Å². The maximum Gasteiger partial charge on any atom is 0.105 e. The van der Waals surface area contributed by atoms with Crippen LogP contribution in [-0.4, -0.2) is 30.5 Å². The Kier molecular flexibility index (Phi) is 8.85. The molecule has 1 rings (SSSR count). The van der Waals surface area contributed by atoms with Crippen molar-refractivity contribution in [1.29, 1.82) is 0 Å². The Hall–Kier alpha value is -0.740. The molecule has 0 aromatic carbocycles. The lowest BCUT2D eigenvalue weighted by Gasteiger charge is -2.22. The van der Waals surface area contributed by atoms with Crippen molar-refractivity contribution in [3.63, 3.8) is 0 Å². The highest BCUT2D eigenvalue weighted by Crippen LogP contribution is 2.14. The van der Waals surface area contributed by atoms with Crippen LogP contribution in [0.4, 0.5) is 8.78 Å². The lowest BCUT2D eigenvalue weighted by molar-refractivity contribution is 0.167. The zero-order chi connectivity index (χ0) is 14.1. The molecule has 0 spiro atoms. The van der Waals surface area contributed by atoms with Gasteiger partial charge in [0.2, 0.25) is 0 Å². The van der Waals surface area contributed by atoms with E-state index in [-0.39, 0.29) is 5.92 Å². The van der Waals surface area contributed by atoms with Crippen LogP contribution in [0.3, 0.4) is 0 Å². The third-order valence-electron chi connectivity index (χ3n) is 3.08. The van der Waals surface area contributed by atoms with E-state index in [4.69, 9.17) is 5.11 Å².